The lowest BCUT2D eigenvalue weighted by atomic mass is 10.0. The molecule has 0 aliphatic rings. The number of carboxylic acid groups (broad SMARTS) is 1. The first-order valence-corrected chi connectivity index (χ1v) is 5.19. The number of carbonyl (C=O) groups is 1. The summed E-state index contributed by atoms with van der Waals surface area (Å²) >= 11 is 3.04. The van der Waals surface area contributed by atoms with Crippen LogP contribution in [0.3, 0.4) is 0 Å². The minimum absolute atomic E-state index is 0.250. The third-order valence-electron chi connectivity index (χ3n) is 2.17. The SMILES string of the molecule is Cc1ccc(F)c(C(O)C(O)C(=O)O)c1Br. The van der Waals surface area contributed by atoms with Crippen molar-refractivity contribution in [2.45, 2.75) is 19.1 Å². The minimum atomic E-state index is -2.06. The van der Waals surface area contributed by atoms with Crippen molar-refractivity contribution in [3.05, 3.63) is 33.5 Å². The summed E-state index contributed by atoms with van der Waals surface area (Å²) in [6, 6.07) is 2.58. The molecule has 0 saturated carbocycles. The van der Waals surface area contributed by atoms with Crippen LogP contribution in [0.25, 0.3) is 0 Å². The smallest absolute Gasteiger partial charge is 0.335 e. The van der Waals surface area contributed by atoms with E-state index in [0.717, 1.165) is 6.07 Å². The normalized spacial score (nSPS) is 14.6. The fourth-order valence-corrected chi connectivity index (χ4v) is 1.80. The maximum Gasteiger partial charge on any atom is 0.335 e. The lowest BCUT2D eigenvalue weighted by Crippen LogP contribution is -2.28. The van der Waals surface area contributed by atoms with Crippen molar-refractivity contribution in [2.75, 3.05) is 0 Å². The van der Waals surface area contributed by atoms with Crippen molar-refractivity contribution in [3.63, 3.8) is 0 Å². The summed E-state index contributed by atoms with van der Waals surface area (Å²) in [6.45, 7) is 1.66. The molecule has 0 saturated heterocycles. The predicted molar refractivity (Wildman–Crippen MR) is 57.4 cm³/mol. The summed E-state index contributed by atoms with van der Waals surface area (Å²) in [7, 11) is 0. The van der Waals surface area contributed by atoms with Gasteiger partial charge in [-0.05, 0) is 18.6 Å². The number of rotatable bonds is 3. The lowest BCUT2D eigenvalue weighted by Gasteiger charge is -2.17. The second-order valence-electron chi connectivity index (χ2n) is 3.32. The maximum absolute atomic E-state index is 13.4. The molecule has 0 amide bonds. The second kappa shape index (κ2) is 4.90. The summed E-state index contributed by atoms with van der Waals surface area (Å²) < 4.78 is 13.7. The van der Waals surface area contributed by atoms with Crippen molar-refractivity contribution < 1.29 is 24.5 Å². The highest BCUT2D eigenvalue weighted by molar-refractivity contribution is 9.10. The molecular formula is C10H10BrFO4. The Morgan fingerprint density at radius 3 is 2.50 bits per heavy atom. The van der Waals surface area contributed by atoms with Gasteiger partial charge in [0, 0.05) is 10.0 Å². The Kier molecular flexibility index (Phi) is 4.01. The van der Waals surface area contributed by atoms with Crippen LogP contribution in [-0.2, 0) is 4.79 Å². The van der Waals surface area contributed by atoms with Gasteiger partial charge < -0.3 is 15.3 Å². The number of carboxylic acids is 1. The van der Waals surface area contributed by atoms with Gasteiger partial charge in [-0.3, -0.25) is 0 Å². The molecule has 0 heterocycles. The number of aliphatic hydroxyl groups excluding tert-OH is 2. The molecule has 88 valence electrons. The number of aliphatic carboxylic acids is 1. The number of halogens is 2. The summed E-state index contributed by atoms with van der Waals surface area (Å²) in [5.41, 5.74) is 0.378. The average Bonchev–Trinajstić information content (AvgIpc) is 2.22. The van der Waals surface area contributed by atoms with Crippen molar-refractivity contribution in [1.82, 2.24) is 0 Å². The molecule has 1 aromatic carbocycles. The van der Waals surface area contributed by atoms with Gasteiger partial charge in [0.25, 0.3) is 0 Å². The topological polar surface area (TPSA) is 77.8 Å². The number of aliphatic hydroxyl groups is 2. The summed E-state index contributed by atoms with van der Waals surface area (Å²) in [5, 5.41) is 27.2. The largest absolute Gasteiger partial charge is 0.479 e. The van der Waals surface area contributed by atoms with Crippen LogP contribution in [-0.4, -0.2) is 27.4 Å². The Morgan fingerprint density at radius 1 is 1.44 bits per heavy atom. The van der Waals surface area contributed by atoms with Crippen LogP contribution in [0.5, 0.6) is 0 Å². The Bertz CT molecular complexity index is 422. The number of hydrogen-bond donors (Lipinski definition) is 3. The van der Waals surface area contributed by atoms with Gasteiger partial charge in [0.05, 0.1) is 0 Å². The van der Waals surface area contributed by atoms with Crippen LogP contribution < -0.4 is 0 Å². The van der Waals surface area contributed by atoms with Gasteiger partial charge in [0.1, 0.15) is 11.9 Å². The number of hydrogen-bond acceptors (Lipinski definition) is 3. The molecule has 0 spiro atoms. The Hall–Kier alpha value is -0.980. The van der Waals surface area contributed by atoms with E-state index in [4.69, 9.17) is 10.2 Å². The molecule has 0 bridgehead atoms. The van der Waals surface area contributed by atoms with Gasteiger partial charge in [-0.1, -0.05) is 22.0 Å². The Balaban J connectivity index is 3.22. The Labute approximate surface area is 99.5 Å². The van der Waals surface area contributed by atoms with E-state index in [9.17, 15) is 14.3 Å². The fraction of sp³-hybridized carbons (Fsp3) is 0.300. The van der Waals surface area contributed by atoms with Gasteiger partial charge in [-0.2, -0.15) is 0 Å². The molecule has 0 fully saturated rings. The Morgan fingerprint density at radius 2 is 2.00 bits per heavy atom. The average molecular weight is 293 g/mol. The fourth-order valence-electron chi connectivity index (χ4n) is 1.24. The van der Waals surface area contributed by atoms with Crippen molar-refractivity contribution in [1.29, 1.82) is 0 Å². The summed E-state index contributed by atoms with van der Waals surface area (Å²) in [4.78, 5) is 10.5. The first-order valence-electron chi connectivity index (χ1n) is 4.39. The third-order valence-corrected chi connectivity index (χ3v) is 3.22. The van der Waals surface area contributed by atoms with Gasteiger partial charge in [0.15, 0.2) is 6.10 Å². The van der Waals surface area contributed by atoms with Gasteiger partial charge in [-0.15, -0.1) is 0 Å². The van der Waals surface area contributed by atoms with E-state index in [1.165, 1.54) is 6.07 Å². The van der Waals surface area contributed by atoms with Crippen LogP contribution in [0.2, 0.25) is 0 Å². The highest BCUT2D eigenvalue weighted by atomic mass is 79.9. The molecule has 6 heteroatoms. The van der Waals surface area contributed by atoms with E-state index < -0.39 is 24.0 Å². The van der Waals surface area contributed by atoms with E-state index >= 15 is 0 Å². The highest BCUT2D eigenvalue weighted by Crippen LogP contribution is 2.31. The molecule has 4 nitrogen and oxygen atoms in total. The zero-order chi connectivity index (χ0) is 12.5. The zero-order valence-corrected chi connectivity index (χ0v) is 9.90. The molecule has 0 aliphatic heterocycles. The number of aryl methyl sites for hydroxylation is 1. The van der Waals surface area contributed by atoms with Crippen molar-refractivity contribution in [2.24, 2.45) is 0 Å². The summed E-state index contributed by atoms with van der Waals surface area (Å²) in [5.74, 6) is -2.38. The standard InChI is InChI=1S/C10H10BrFO4/c1-4-2-3-5(12)6(7(4)11)8(13)9(14)10(15)16/h2-3,8-9,13-14H,1H3,(H,15,16). The first-order chi connectivity index (χ1) is 7.36. The summed E-state index contributed by atoms with van der Waals surface area (Å²) in [6.07, 6.45) is -3.88. The van der Waals surface area contributed by atoms with Crippen LogP contribution in [0.4, 0.5) is 4.39 Å². The lowest BCUT2D eigenvalue weighted by molar-refractivity contribution is -0.153. The maximum atomic E-state index is 13.4. The van der Waals surface area contributed by atoms with E-state index in [1.54, 1.807) is 6.92 Å². The molecular weight excluding hydrogens is 283 g/mol. The molecule has 3 N–H and O–H groups in total. The van der Waals surface area contributed by atoms with Crippen molar-refractivity contribution >= 4 is 21.9 Å². The second-order valence-corrected chi connectivity index (χ2v) is 4.11. The van der Waals surface area contributed by atoms with E-state index in [1.807, 2.05) is 0 Å². The highest BCUT2D eigenvalue weighted by Gasteiger charge is 2.29. The van der Waals surface area contributed by atoms with Crippen LogP contribution in [0, 0.1) is 12.7 Å². The predicted octanol–water partition coefficient (Wildman–Crippen LogP) is 1.38. The van der Waals surface area contributed by atoms with Crippen LogP contribution in [0.1, 0.15) is 17.2 Å². The molecule has 0 radical (unpaired) electrons. The van der Waals surface area contributed by atoms with Gasteiger partial charge >= 0.3 is 5.97 Å². The molecule has 1 aromatic rings. The zero-order valence-electron chi connectivity index (χ0n) is 8.32. The van der Waals surface area contributed by atoms with E-state index in [2.05, 4.69) is 15.9 Å². The first kappa shape index (κ1) is 13.1. The molecule has 2 unspecified atom stereocenters. The molecule has 16 heavy (non-hydrogen) atoms. The van der Waals surface area contributed by atoms with E-state index in [0.29, 0.717) is 5.56 Å². The molecule has 2 atom stereocenters. The molecule has 0 aromatic heterocycles. The monoisotopic (exact) mass is 292 g/mol. The molecule has 1 rings (SSSR count). The van der Waals surface area contributed by atoms with Crippen molar-refractivity contribution in [3.8, 4) is 0 Å². The van der Waals surface area contributed by atoms with Crippen LogP contribution in [0.15, 0.2) is 16.6 Å². The molecule has 0 aliphatic carbocycles. The quantitative estimate of drug-likeness (QED) is 0.786. The number of benzene rings is 1. The third kappa shape index (κ3) is 2.40. The van der Waals surface area contributed by atoms with Crippen LogP contribution >= 0.6 is 15.9 Å². The minimum Gasteiger partial charge on any atom is -0.479 e. The van der Waals surface area contributed by atoms with Gasteiger partial charge in [0.2, 0.25) is 0 Å². The van der Waals surface area contributed by atoms with E-state index in [-0.39, 0.29) is 10.0 Å². The van der Waals surface area contributed by atoms with Gasteiger partial charge in [-0.25, -0.2) is 9.18 Å².